The lowest BCUT2D eigenvalue weighted by Crippen LogP contribution is -2.24. The van der Waals surface area contributed by atoms with Crippen LogP contribution in [0.15, 0.2) is 22.7 Å². The van der Waals surface area contributed by atoms with E-state index in [0.29, 0.717) is 37.0 Å². The largest absolute Gasteiger partial charge is 0.497 e. The van der Waals surface area contributed by atoms with Gasteiger partial charge in [-0.2, -0.15) is 4.98 Å². The van der Waals surface area contributed by atoms with Crippen LogP contribution in [0.5, 0.6) is 11.5 Å². The number of aryl methyl sites for hydroxylation is 1. The minimum Gasteiger partial charge on any atom is -0.497 e. The minimum absolute atomic E-state index is 0.0482. The molecule has 122 valence electrons. The van der Waals surface area contributed by atoms with Gasteiger partial charge in [0.05, 0.1) is 20.1 Å². The van der Waals surface area contributed by atoms with Crippen molar-refractivity contribution >= 4 is 5.91 Å². The molecule has 2 aromatic rings. The number of ether oxygens (including phenoxy) is 2. The summed E-state index contributed by atoms with van der Waals surface area (Å²) >= 11 is 0. The number of methoxy groups -OCH3 is 2. The van der Waals surface area contributed by atoms with E-state index in [2.05, 4.69) is 10.1 Å². The van der Waals surface area contributed by atoms with Crippen molar-refractivity contribution in [3.8, 4) is 11.5 Å². The molecule has 0 bridgehead atoms. The highest BCUT2D eigenvalue weighted by Gasteiger charge is 2.34. The maximum atomic E-state index is 12.3. The van der Waals surface area contributed by atoms with Gasteiger partial charge in [-0.3, -0.25) is 4.79 Å². The highest BCUT2D eigenvalue weighted by molar-refractivity contribution is 5.79. The van der Waals surface area contributed by atoms with Gasteiger partial charge in [-0.15, -0.1) is 0 Å². The Kier molecular flexibility index (Phi) is 4.18. The number of likely N-dealkylation sites (tertiary alicyclic amines) is 1. The molecular formula is C16H19N3O4. The van der Waals surface area contributed by atoms with Crippen LogP contribution in [-0.4, -0.2) is 41.7 Å². The van der Waals surface area contributed by atoms with Gasteiger partial charge >= 0.3 is 0 Å². The molecule has 7 heteroatoms. The van der Waals surface area contributed by atoms with Crippen molar-refractivity contribution in [3.63, 3.8) is 0 Å². The summed E-state index contributed by atoms with van der Waals surface area (Å²) in [6.07, 6.45) is 0.389. The van der Waals surface area contributed by atoms with Gasteiger partial charge in [0.1, 0.15) is 11.5 Å². The molecule has 3 rings (SSSR count). The second-order valence-electron chi connectivity index (χ2n) is 5.53. The number of carbonyl (C=O) groups is 1. The van der Waals surface area contributed by atoms with Crippen molar-refractivity contribution in [1.82, 2.24) is 15.0 Å². The van der Waals surface area contributed by atoms with Crippen molar-refractivity contribution < 1.29 is 18.8 Å². The number of benzene rings is 1. The summed E-state index contributed by atoms with van der Waals surface area (Å²) in [5, 5.41) is 3.79. The molecule has 1 fully saturated rings. The first kappa shape index (κ1) is 15.3. The van der Waals surface area contributed by atoms with Crippen molar-refractivity contribution in [3.05, 3.63) is 35.5 Å². The molecule has 0 aliphatic carbocycles. The first-order chi connectivity index (χ1) is 11.1. The van der Waals surface area contributed by atoms with Gasteiger partial charge in [-0.1, -0.05) is 5.16 Å². The van der Waals surface area contributed by atoms with Crippen LogP contribution in [0.2, 0.25) is 0 Å². The van der Waals surface area contributed by atoms with Crippen molar-refractivity contribution in [1.29, 1.82) is 0 Å². The average molecular weight is 317 g/mol. The molecule has 0 radical (unpaired) electrons. The zero-order valence-electron chi connectivity index (χ0n) is 13.4. The molecule has 1 aromatic heterocycles. The van der Waals surface area contributed by atoms with Gasteiger partial charge in [0.2, 0.25) is 11.8 Å². The Morgan fingerprint density at radius 1 is 1.35 bits per heavy atom. The second kappa shape index (κ2) is 6.28. The molecule has 1 unspecified atom stereocenters. The van der Waals surface area contributed by atoms with Crippen LogP contribution in [-0.2, 0) is 11.3 Å². The molecule has 1 aromatic carbocycles. The fourth-order valence-electron chi connectivity index (χ4n) is 2.76. The van der Waals surface area contributed by atoms with Gasteiger partial charge in [0, 0.05) is 31.1 Å². The number of hydrogen-bond acceptors (Lipinski definition) is 6. The highest BCUT2D eigenvalue weighted by atomic mass is 16.5. The second-order valence-corrected chi connectivity index (χ2v) is 5.53. The van der Waals surface area contributed by atoms with E-state index in [1.54, 1.807) is 26.0 Å². The monoisotopic (exact) mass is 317 g/mol. The van der Waals surface area contributed by atoms with Crippen molar-refractivity contribution in [2.24, 2.45) is 0 Å². The Bertz CT molecular complexity index is 713. The predicted octanol–water partition coefficient (Wildman–Crippen LogP) is 1.91. The summed E-state index contributed by atoms with van der Waals surface area (Å²) < 4.78 is 15.8. The first-order valence-corrected chi connectivity index (χ1v) is 7.39. The molecule has 1 amide bonds. The molecule has 0 spiro atoms. The third kappa shape index (κ3) is 3.13. The quantitative estimate of drug-likeness (QED) is 0.838. The van der Waals surface area contributed by atoms with Crippen LogP contribution < -0.4 is 9.47 Å². The van der Waals surface area contributed by atoms with Gasteiger partial charge in [0.25, 0.3) is 0 Å². The smallest absolute Gasteiger partial charge is 0.232 e. The lowest BCUT2D eigenvalue weighted by molar-refractivity contribution is -0.128. The fourth-order valence-corrected chi connectivity index (χ4v) is 2.76. The molecule has 1 aliphatic rings. The molecule has 1 atom stereocenters. The maximum Gasteiger partial charge on any atom is 0.232 e. The number of amides is 1. The van der Waals surface area contributed by atoms with E-state index < -0.39 is 0 Å². The maximum absolute atomic E-state index is 12.3. The van der Waals surface area contributed by atoms with E-state index in [-0.39, 0.29) is 11.8 Å². The highest BCUT2D eigenvalue weighted by Crippen LogP contribution is 2.31. The van der Waals surface area contributed by atoms with Crippen LogP contribution in [0.3, 0.4) is 0 Å². The zero-order valence-corrected chi connectivity index (χ0v) is 13.4. The molecule has 1 aliphatic heterocycles. The van der Waals surface area contributed by atoms with E-state index in [4.69, 9.17) is 14.0 Å². The van der Waals surface area contributed by atoms with E-state index in [9.17, 15) is 4.79 Å². The molecule has 7 nitrogen and oxygen atoms in total. The van der Waals surface area contributed by atoms with Crippen LogP contribution in [0, 0.1) is 6.92 Å². The Hall–Kier alpha value is -2.57. The predicted molar refractivity (Wildman–Crippen MR) is 81.4 cm³/mol. The third-order valence-corrected chi connectivity index (χ3v) is 3.96. The summed E-state index contributed by atoms with van der Waals surface area (Å²) in [4.78, 5) is 18.3. The van der Waals surface area contributed by atoms with Crippen LogP contribution in [0.4, 0.5) is 0 Å². The SMILES string of the molecule is COc1ccc(CN2CC(c3nc(C)no3)CC2=O)c(OC)c1. The topological polar surface area (TPSA) is 77.7 Å². The van der Waals surface area contributed by atoms with Crippen LogP contribution in [0.1, 0.15) is 29.6 Å². The van der Waals surface area contributed by atoms with E-state index in [1.165, 1.54) is 0 Å². The summed E-state index contributed by atoms with van der Waals surface area (Å²) in [6.45, 7) is 2.81. The number of rotatable bonds is 5. The Labute approximate surface area is 134 Å². The van der Waals surface area contributed by atoms with Crippen LogP contribution in [0.25, 0.3) is 0 Å². The molecular weight excluding hydrogens is 298 g/mol. The van der Waals surface area contributed by atoms with Gasteiger partial charge in [-0.05, 0) is 19.1 Å². The summed E-state index contributed by atoms with van der Waals surface area (Å²) in [5.74, 6) is 2.56. The Balaban J connectivity index is 1.74. The minimum atomic E-state index is -0.0482. The Morgan fingerprint density at radius 3 is 2.83 bits per heavy atom. The molecule has 0 N–H and O–H groups in total. The molecule has 0 saturated carbocycles. The van der Waals surface area contributed by atoms with E-state index in [1.807, 2.05) is 18.2 Å². The van der Waals surface area contributed by atoms with Gasteiger partial charge < -0.3 is 18.9 Å². The lowest BCUT2D eigenvalue weighted by Gasteiger charge is -2.18. The number of hydrogen-bond donors (Lipinski definition) is 0. The first-order valence-electron chi connectivity index (χ1n) is 7.39. The normalized spacial score (nSPS) is 17.6. The van der Waals surface area contributed by atoms with E-state index >= 15 is 0 Å². The number of aromatic nitrogens is 2. The number of nitrogens with zero attached hydrogens (tertiary/aromatic N) is 3. The summed E-state index contributed by atoms with van der Waals surface area (Å²) in [7, 11) is 3.21. The zero-order chi connectivity index (χ0) is 16.4. The summed E-state index contributed by atoms with van der Waals surface area (Å²) in [5.41, 5.74) is 0.934. The van der Waals surface area contributed by atoms with E-state index in [0.717, 1.165) is 11.3 Å². The third-order valence-electron chi connectivity index (χ3n) is 3.96. The van der Waals surface area contributed by atoms with Crippen molar-refractivity contribution in [2.75, 3.05) is 20.8 Å². The molecule has 1 saturated heterocycles. The molecule has 23 heavy (non-hydrogen) atoms. The van der Waals surface area contributed by atoms with Gasteiger partial charge in [0.15, 0.2) is 5.82 Å². The standard InChI is InChI=1S/C16H19N3O4/c1-10-17-16(23-18-10)12-6-15(20)19(9-12)8-11-4-5-13(21-2)7-14(11)22-3/h4-5,7,12H,6,8-9H2,1-3H3. The summed E-state index contributed by atoms with van der Waals surface area (Å²) in [6, 6.07) is 5.58. The molecule has 2 heterocycles. The average Bonchev–Trinajstić information content (AvgIpc) is 3.14. The van der Waals surface area contributed by atoms with Crippen molar-refractivity contribution in [2.45, 2.75) is 25.8 Å². The fraction of sp³-hybridized carbons (Fsp3) is 0.438. The lowest BCUT2D eigenvalue weighted by atomic mass is 10.1. The Morgan fingerprint density at radius 2 is 2.17 bits per heavy atom. The van der Waals surface area contributed by atoms with Gasteiger partial charge in [-0.25, -0.2) is 0 Å². The number of carbonyl (C=O) groups excluding carboxylic acids is 1. The van der Waals surface area contributed by atoms with Crippen LogP contribution >= 0.6 is 0 Å².